The maximum absolute atomic E-state index is 13.7. The van der Waals surface area contributed by atoms with Gasteiger partial charge in [0.25, 0.3) is 5.91 Å². The molecule has 0 aromatic heterocycles. The van der Waals surface area contributed by atoms with Gasteiger partial charge in [-0.2, -0.15) is 0 Å². The fourth-order valence-corrected chi connectivity index (χ4v) is 5.28. The molecular weight excluding hydrogens is 582 g/mol. The molecular formula is C29H18Cl4N2O2S. The number of halogens is 4. The topological polar surface area (TPSA) is 41.9 Å². The minimum Gasteiger partial charge on any atom is -0.488 e. The lowest BCUT2D eigenvalue weighted by Gasteiger charge is -2.15. The molecule has 5 rings (SSSR count). The fourth-order valence-electron chi connectivity index (χ4n) is 3.67. The molecule has 9 heteroatoms. The van der Waals surface area contributed by atoms with Gasteiger partial charge in [0.05, 0.1) is 16.3 Å². The van der Waals surface area contributed by atoms with Crippen molar-refractivity contribution in [2.24, 2.45) is 4.99 Å². The zero-order chi connectivity index (χ0) is 26.6. The van der Waals surface area contributed by atoms with E-state index in [1.165, 1.54) is 11.8 Å². The minimum atomic E-state index is -0.234. The normalized spacial score (nSPS) is 15.5. The van der Waals surface area contributed by atoms with Crippen LogP contribution < -0.4 is 9.64 Å². The third kappa shape index (κ3) is 6.20. The van der Waals surface area contributed by atoms with Crippen molar-refractivity contribution >= 4 is 86.7 Å². The van der Waals surface area contributed by atoms with E-state index in [-0.39, 0.29) is 12.5 Å². The second-order valence-electron chi connectivity index (χ2n) is 8.16. The van der Waals surface area contributed by atoms with Crippen molar-refractivity contribution in [3.8, 4) is 5.75 Å². The molecule has 4 nitrogen and oxygen atoms in total. The maximum Gasteiger partial charge on any atom is 0.271 e. The van der Waals surface area contributed by atoms with Crippen LogP contribution in [0, 0.1) is 0 Å². The monoisotopic (exact) mass is 598 g/mol. The lowest BCUT2D eigenvalue weighted by atomic mass is 10.1. The van der Waals surface area contributed by atoms with Crippen molar-refractivity contribution in [2.45, 2.75) is 6.61 Å². The summed E-state index contributed by atoms with van der Waals surface area (Å²) >= 11 is 26.0. The highest BCUT2D eigenvalue weighted by Gasteiger charge is 2.35. The average molecular weight is 600 g/mol. The number of ether oxygens (including phenoxy) is 1. The number of hydrogen-bond acceptors (Lipinski definition) is 4. The number of anilines is 1. The summed E-state index contributed by atoms with van der Waals surface area (Å²) in [6.07, 6.45) is 1.76. The number of amidine groups is 1. The molecule has 0 unspecified atom stereocenters. The van der Waals surface area contributed by atoms with Crippen molar-refractivity contribution in [3.05, 3.63) is 127 Å². The van der Waals surface area contributed by atoms with Crippen LogP contribution in [0.2, 0.25) is 20.1 Å². The Kier molecular flexibility index (Phi) is 8.32. The smallest absolute Gasteiger partial charge is 0.271 e. The first-order chi connectivity index (χ1) is 18.4. The molecule has 1 aliphatic heterocycles. The van der Waals surface area contributed by atoms with Crippen LogP contribution in [0.5, 0.6) is 5.75 Å². The van der Waals surface area contributed by atoms with Crippen LogP contribution in [0.25, 0.3) is 6.08 Å². The molecule has 1 saturated heterocycles. The molecule has 0 saturated carbocycles. The number of benzene rings is 4. The zero-order valence-corrected chi connectivity index (χ0v) is 23.4. The molecule has 4 aromatic rings. The van der Waals surface area contributed by atoms with Crippen LogP contribution in [0.3, 0.4) is 0 Å². The van der Waals surface area contributed by atoms with Gasteiger partial charge in [-0.1, -0.05) is 64.6 Å². The quantitative estimate of drug-likeness (QED) is 0.207. The van der Waals surface area contributed by atoms with Crippen molar-refractivity contribution in [1.29, 1.82) is 0 Å². The van der Waals surface area contributed by atoms with Gasteiger partial charge in [0.15, 0.2) is 5.17 Å². The van der Waals surface area contributed by atoms with Crippen LogP contribution in [0.15, 0.2) is 101 Å². The van der Waals surface area contributed by atoms with E-state index in [2.05, 4.69) is 0 Å². The number of nitrogens with zero attached hydrogens (tertiary/aromatic N) is 2. The third-order valence-corrected chi connectivity index (χ3v) is 7.62. The molecule has 1 heterocycles. The van der Waals surface area contributed by atoms with Gasteiger partial charge in [-0.3, -0.25) is 9.69 Å². The van der Waals surface area contributed by atoms with E-state index in [4.69, 9.17) is 56.1 Å². The van der Waals surface area contributed by atoms with Gasteiger partial charge >= 0.3 is 0 Å². The van der Waals surface area contributed by atoms with Gasteiger partial charge < -0.3 is 4.74 Å². The zero-order valence-electron chi connectivity index (χ0n) is 19.6. The van der Waals surface area contributed by atoms with Crippen LogP contribution in [0.4, 0.5) is 11.4 Å². The average Bonchev–Trinajstić information content (AvgIpc) is 3.20. The Hall–Kier alpha value is -2.93. The second kappa shape index (κ2) is 11.9. The van der Waals surface area contributed by atoms with E-state index in [9.17, 15) is 4.79 Å². The Morgan fingerprint density at radius 1 is 0.816 bits per heavy atom. The number of thioether (sulfide) groups is 1. The van der Waals surface area contributed by atoms with Gasteiger partial charge in [-0.05, 0) is 90.6 Å². The molecule has 0 spiro atoms. The van der Waals surface area contributed by atoms with Crippen molar-refractivity contribution in [3.63, 3.8) is 0 Å². The van der Waals surface area contributed by atoms with Crippen LogP contribution >= 0.6 is 58.2 Å². The number of amides is 1. The van der Waals surface area contributed by atoms with Gasteiger partial charge in [-0.25, -0.2) is 4.99 Å². The number of hydrogen-bond donors (Lipinski definition) is 0. The lowest BCUT2D eigenvalue weighted by Crippen LogP contribution is -2.28. The Bertz CT molecular complexity index is 1550. The molecule has 1 amide bonds. The summed E-state index contributed by atoms with van der Waals surface area (Å²) in [5.41, 5.74) is 2.81. The molecule has 38 heavy (non-hydrogen) atoms. The van der Waals surface area contributed by atoms with Crippen molar-refractivity contribution in [2.75, 3.05) is 4.90 Å². The number of aliphatic imine (C=N–C) groups is 1. The molecule has 1 aliphatic rings. The predicted molar refractivity (Wildman–Crippen MR) is 160 cm³/mol. The Morgan fingerprint density at radius 3 is 2.18 bits per heavy atom. The van der Waals surface area contributed by atoms with Crippen LogP contribution in [-0.2, 0) is 11.4 Å². The van der Waals surface area contributed by atoms with Crippen molar-refractivity contribution in [1.82, 2.24) is 0 Å². The molecule has 0 aliphatic carbocycles. The van der Waals surface area contributed by atoms with E-state index in [0.717, 1.165) is 5.56 Å². The number of carbonyl (C=O) groups is 1. The third-order valence-electron chi connectivity index (χ3n) is 5.54. The summed E-state index contributed by atoms with van der Waals surface area (Å²) in [5.74, 6) is 0.332. The summed E-state index contributed by atoms with van der Waals surface area (Å²) in [7, 11) is 0. The standard InChI is InChI=1S/C29H18Cl4N2O2S/c30-20-5-10-23(11-6-20)34-29-35(24-12-7-21(31)8-13-24)28(36)27(38-29)16-19-15-22(32)9-14-26(19)37-17-18-3-1-2-4-25(18)33/h1-16H,17H2/b27-16-,34-29?. The maximum atomic E-state index is 13.7. The highest BCUT2D eigenvalue weighted by Crippen LogP contribution is 2.39. The van der Waals surface area contributed by atoms with E-state index in [1.807, 2.05) is 24.3 Å². The summed E-state index contributed by atoms with van der Waals surface area (Å²) in [6.45, 7) is 0.263. The van der Waals surface area contributed by atoms with E-state index in [1.54, 1.807) is 77.7 Å². The molecule has 4 aromatic carbocycles. The summed E-state index contributed by atoms with van der Waals surface area (Å²) in [6, 6.07) is 26.8. The van der Waals surface area contributed by atoms with E-state index < -0.39 is 0 Å². The molecule has 0 N–H and O–H groups in total. The van der Waals surface area contributed by atoms with Crippen LogP contribution in [0.1, 0.15) is 11.1 Å². The first-order valence-electron chi connectivity index (χ1n) is 11.4. The SMILES string of the molecule is O=C1/C(=C/c2cc(Cl)ccc2OCc2ccccc2Cl)SC(=Nc2ccc(Cl)cc2)N1c1ccc(Cl)cc1. The number of carbonyl (C=O) groups excluding carboxylic acids is 1. The van der Waals surface area contributed by atoms with Crippen molar-refractivity contribution < 1.29 is 9.53 Å². The summed E-state index contributed by atoms with van der Waals surface area (Å²) in [5, 5.41) is 2.79. The summed E-state index contributed by atoms with van der Waals surface area (Å²) < 4.78 is 6.08. The highest BCUT2D eigenvalue weighted by atomic mass is 35.5. The fraction of sp³-hybridized carbons (Fsp3) is 0.0345. The minimum absolute atomic E-state index is 0.234. The first-order valence-corrected chi connectivity index (χ1v) is 13.7. The molecule has 1 fully saturated rings. The van der Waals surface area contributed by atoms with Gasteiger partial charge in [0, 0.05) is 31.2 Å². The van der Waals surface area contributed by atoms with Gasteiger partial charge in [-0.15, -0.1) is 0 Å². The van der Waals surface area contributed by atoms with E-state index >= 15 is 0 Å². The second-order valence-corrected chi connectivity index (χ2v) is 10.9. The molecule has 0 atom stereocenters. The Labute approximate surface area is 244 Å². The largest absolute Gasteiger partial charge is 0.488 e. The van der Waals surface area contributed by atoms with Gasteiger partial charge in [0.2, 0.25) is 0 Å². The molecule has 0 radical (unpaired) electrons. The lowest BCUT2D eigenvalue weighted by molar-refractivity contribution is -0.113. The highest BCUT2D eigenvalue weighted by molar-refractivity contribution is 8.19. The first kappa shape index (κ1) is 26.7. The Morgan fingerprint density at radius 2 is 1.47 bits per heavy atom. The molecule has 190 valence electrons. The van der Waals surface area contributed by atoms with Crippen LogP contribution in [-0.4, -0.2) is 11.1 Å². The molecule has 0 bridgehead atoms. The predicted octanol–water partition coefficient (Wildman–Crippen LogP) is 9.69. The summed E-state index contributed by atoms with van der Waals surface area (Å²) in [4.78, 5) is 20.4. The number of rotatable bonds is 6. The Balaban J connectivity index is 1.51. The van der Waals surface area contributed by atoms with E-state index in [0.29, 0.717) is 52.9 Å². The van der Waals surface area contributed by atoms with Gasteiger partial charge in [0.1, 0.15) is 12.4 Å².